The molecule has 1 aromatic carbocycles. The van der Waals surface area contributed by atoms with Crippen LogP contribution in [0.2, 0.25) is 0 Å². The summed E-state index contributed by atoms with van der Waals surface area (Å²) in [5, 5.41) is 17.2. The molecule has 2 aromatic rings. The van der Waals surface area contributed by atoms with Crippen molar-refractivity contribution in [3.8, 4) is 0 Å². The number of rotatable bonds is 3. The second kappa shape index (κ2) is 5.20. The molecule has 0 saturated carbocycles. The number of alkyl halides is 3. The number of nitrogens with zero attached hydrogens (tertiary/aromatic N) is 3. The lowest BCUT2D eigenvalue weighted by Gasteiger charge is -2.14. The summed E-state index contributed by atoms with van der Waals surface area (Å²) < 4.78 is 52.9. The second-order valence-corrected chi connectivity index (χ2v) is 4.31. The van der Waals surface area contributed by atoms with Crippen LogP contribution in [0.1, 0.15) is 22.9 Å². The normalized spacial score (nSPS) is 13.5. The first-order valence-corrected chi connectivity index (χ1v) is 5.68. The Balaban J connectivity index is 2.28. The Bertz CT molecular complexity index is 609. The van der Waals surface area contributed by atoms with Gasteiger partial charge in [-0.05, 0) is 6.07 Å². The standard InChI is InChI=1S/C12H11F4N3O/c1-19-6-7(17-18-19)5-10(20)8-3-2-4-9(11(8)13)12(14,15)16/h2-4,6,10,20H,5H2,1H3. The minimum atomic E-state index is -4.80. The summed E-state index contributed by atoms with van der Waals surface area (Å²) in [5.41, 5.74) is -1.45. The third kappa shape index (κ3) is 2.96. The fourth-order valence-electron chi connectivity index (χ4n) is 1.82. The van der Waals surface area contributed by atoms with Gasteiger partial charge in [-0.25, -0.2) is 4.39 Å². The minimum absolute atomic E-state index is 0.119. The van der Waals surface area contributed by atoms with Gasteiger partial charge in [0, 0.05) is 25.2 Å². The fraction of sp³-hybridized carbons (Fsp3) is 0.333. The predicted molar refractivity (Wildman–Crippen MR) is 61.1 cm³/mol. The van der Waals surface area contributed by atoms with Crippen LogP contribution in [0.25, 0.3) is 0 Å². The number of aliphatic hydroxyl groups is 1. The maximum Gasteiger partial charge on any atom is 0.419 e. The van der Waals surface area contributed by atoms with E-state index in [4.69, 9.17) is 0 Å². The molecule has 1 heterocycles. The molecule has 0 radical (unpaired) electrons. The van der Waals surface area contributed by atoms with Crippen LogP contribution >= 0.6 is 0 Å². The third-order valence-corrected chi connectivity index (χ3v) is 2.75. The Morgan fingerprint density at radius 3 is 2.60 bits per heavy atom. The van der Waals surface area contributed by atoms with Crippen molar-refractivity contribution in [2.24, 2.45) is 7.05 Å². The molecule has 1 aromatic heterocycles. The molecule has 0 aliphatic rings. The van der Waals surface area contributed by atoms with Gasteiger partial charge in [-0.3, -0.25) is 4.68 Å². The number of halogens is 4. The van der Waals surface area contributed by atoms with Gasteiger partial charge in [0.2, 0.25) is 0 Å². The van der Waals surface area contributed by atoms with Crippen molar-refractivity contribution < 1.29 is 22.7 Å². The van der Waals surface area contributed by atoms with Crippen LogP contribution in [0.5, 0.6) is 0 Å². The van der Waals surface area contributed by atoms with E-state index in [9.17, 15) is 22.7 Å². The van der Waals surface area contributed by atoms with Gasteiger partial charge in [0.25, 0.3) is 0 Å². The summed E-state index contributed by atoms with van der Waals surface area (Å²) in [5.74, 6) is -1.46. The summed E-state index contributed by atoms with van der Waals surface area (Å²) in [6, 6.07) is 2.81. The summed E-state index contributed by atoms with van der Waals surface area (Å²) in [6.07, 6.45) is -4.85. The number of aliphatic hydroxyl groups excluding tert-OH is 1. The van der Waals surface area contributed by atoms with E-state index in [0.717, 1.165) is 12.1 Å². The van der Waals surface area contributed by atoms with E-state index in [-0.39, 0.29) is 6.42 Å². The van der Waals surface area contributed by atoms with Crippen LogP contribution in [-0.4, -0.2) is 20.1 Å². The highest BCUT2D eigenvalue weighted by molar-refractivity contribution is 5.30. The van der Waals surface area contributed by atoms with Crippen LogP contribution in [0.4, 0.5) is 17.6 Å². The highest BCUT2D eigenvalue weighted by Gasteiger charge is 2.35. The number of benzene rings is 1. The monoisotopic (exact) mass is 289 g/mol. The van der Waals surface area contributed by atoms with Crippen LogP contribution in [0.3, 0.4) is 0 Å². The third-order valence-electron chi connectivity index (χ3n) is 2.75. The van der Waals surface area contributed by atoms with Gasteiger partial charge in [-0.1, -0.05) is 17.3 Å². The molecule has 0 fully saturated rings. The van der Waals surface area contributed by atoms with Crippen LogP contribution in [0, 0.1) is 5.82 Å². The predicted octanol–water partition coefficient (Wildman–Crippen LogP) is 2.25. The minimum Gasteiger partial charge on any atom is -0.388 e. The van der Waals surface area contributed by atoms with Gasteiger partial charge in [-0.15, -0.1) is 5.10 Å². The zero-order valence-corrected chi connectivity index (χ0v) is 10.4. The first kappa shape index (κ1) is 14.4. The Kier molecular flexibility index (Phi) is 3.76. The number of aromatic nitrogens is 3. The van der Waals surface area contributed by atoms with Crippen molar-refractivity contribution in [1.29, 1.82) is 0 Å². The number of aryl methyl sites for hydroxylation is 1. The molecule has 20 heavy (non-hydrogen) atoms. The van der Waals surface area contributed by atoms with Crippen LogP contribution < -0.4 is 0 Å². The second-order valence-electron chi connectivity index (χ2n) is 4.31. The van der Waals surface area contributed by atoms with Crippen LogP contribution in [-0.2, 0) is 19.6 Å². The molecule has 0 saturated heterocycles. The van der Waals surface area contributed by atoms with Gasteiger partial charge in [0.15, 0.2) is 0 Å². The lowest BCUT2D eigenvalue weighted by Crippen LogP contribution is -2.12. The van der Waals surface area contributed by atoms with E-state index in [1.807, 2.05) is 0 Å². The van der Waals surface area contributed by atoms with Gasteiger partial charge >= 0.3 is 6.18 Å². The van der Waals surface area contributed by atoms with Crippen molar-refractivity contribution in [3.63, 3.8) is 0 Å². The molecule has 1 atom stereocenters. The summed E-state index contributed by atoms with van der Waals surface area (Å²) in [6.45, 7) is 0. The highest BCUT2D eigenvalue weighted by atomic mass is 19.4. The zero-order chi connectivity index (χ0) is 14.9. The Morgan fingerprint density at radius 2 is 2.05 bits per heavy atom. The lowest BCUT2D eigenvalue weighted by atomic mass is 10.0. The largest absolute Gasteiger partial charge is 0.419 e. The average molecular weight is 289 g/mol. The first-order valence-electron chi connectivity index (χ1n) is 5.68. The molecule has 1 N–H and O–H groups in total. The zero-order valence-electron chi connectivity index (χ0n) is 10.4. The van der Waals surface area contributed by atoms with Gasteiger partial charge in [0.05, 0.1) is 17.4 Å². The molecule has 0 amide bonds. The summed E-state index contributed by atoms with van der Waals surface area (Å²) >= 11 is 0. The molecule has 2 rings (SSSR count). The average Bonchev–Trinajstić information content (AvgIpc) is 2.73. The molecule has 108 valence electrons. The molecule has 0 aliphatic carbocycles. The Labute approximate surface area is 111 Å². The maximum absolute atomic E-state index is 13.8. The molecule has 4 nitrogen and oxygen atoms in total. The van der Waals surface area contributed by atoms with E-state index < -0.39 is 29.2 Å². The quantitative estimate of drug-likeness (QED) is 0.882. The van der Waals surface area contributed by atoms with Gasteiger partial charge in [-0.2, -0.15) is 13.2 Å². The molecule has 8 heteroatoms. The topological polar surface area (TPSA) is 50.9 Å². The summed E-state index contributed by atoms with van der Waals surface area (Å²) in [4.78, 5) is 0. The fourth-order valence-corrected chi connectivity index (χ4v) is 1.82. The van der Waals surface area contributed by atoms with Gasteiger partial charge in [0.1, 0.15) is 5.82 Å². The maximum atomic E-state index is 13.8. The molecular formula is C12H11F4N3O. The van der Waals surface area contributed by atoms with E-state index in [2.05, 4.69) is 10.3 Å². The Morgan fingerprint density at radius 1 is 1.35 bits per heavy atom. The number of hydrogen-bond acceptors (Lipinski definition) is 3. The van der Waals surface area contributed by atoms with Crippen molar-refractivity contribution >= 4 is 0 Å². The molecule has 0 spiro atoms. The van der Waals surface area contributed by atoms with Gasteiger partial charge < -0.3 is 5.11 Å². The highest BCUT2D eigenvalue weighted by Crippen LogP contribution is 2.34. The number of hydrogen-bond donors (Lipinski definition) is 1. The molecule has 0 aliphatic heterocycles. The van der Waals surface area contributed by atoms with Crippen molar-refractivity contribution in [2.45, 2.75) is 18.7 Å². The van der Waals surface area contributed by atoms with Crippen molar-refractivity contribution in [3.05, 3.63) is 47.0 Å². The molecule has 0 bridgehead atoms. The van der Waals surface area contributed by atoms with Crippen LogP contribution in [0.15, 0.2) is 24.4 Å². The van der Waals surface area contributed by atoms with E-state index in [1.165, 1.54) is 10.9 Å². The van der Waals surface area contributed by atoms with Crippen molar-refractivity contribution in [1.82, 2.24) is 15.0 Å². The smallest absolute Gasteiger partial charge is 0.388 e. The van der Waals surface area contributed by atoms with E-state index in [1.54, 1.807) is 7.05 Å². The molecule has 1 unspecified atom stereocenters. The van der Waals surface area contributed by atoms with Crippen molar-refractivity contribution in [2.75, 3.05) is 0 Å². The first-order chi connectivity index (χ1) is 9.29. The molecular weight excluding hydrogens is 278 g/mol. The Hall–Kier alpha value is -1.96. The SMILES string of the molecule is Cn1cc(CC(O)c2cccc(C(F)(F)F)c2F)nn1. The lowest BCUT2D eigenvalue weighted by molar-refractivity contribution is -0.140. The van der Waals surface area contributed by atoms with E-state index >= 15 is 0 Å². The van der Waals surface area contributed by atoms with E-state index in [0.29, 0.717) is 11.8 Å². The summed E-state index contributed by atoms with van der Waals surface area (Å²) in [7, 11) is 1.60.